The third-order valence-electron chi connectivity index (χ3n) is 4.07. The number of benzene rings is 3. The van der Waals surface area contributed by atoms with Crippen LogP contribution in [0.2, 0.25) is 5.02 Å². The predicted molar refractivity (Wildman–Crippen MR) is 111 cm³/mol. The van der Waals surface area contributed by atoms with Crippen molar-refractivity contribution in [1.82, 2.24) is 10.1 Å². The maximum atomic E-state index is 12.2. The maximum absolute atomic E-state index is 12.2. The summed E-state index contributed by atoms with van der Waals surface area (Å²) in [6, 6.07) is 23.6. The van der Waals surface area contributed by atoms with E-state index in [1.54, 1.807) is 36.4 Å². The van der Waals surface area contributed by atoms with Crippen LogP contribution in [0.1, 0.15) is 0 Å². The summed E-state index contributed by atoms with van der Waals surface area (Å²) < 4.78 is 11.1. The van der Waals surface area contributed by atoms with Gasteiger partial charge in [0, 0.05) is 5.69 Å². The maximum Gasteiger partial charge on any atom is 0.262 e. The van der Waals surface area contributed by atoms with Crippen molar-refractivity contribution in [3.05, 3.63) is 83.9 Å². The molecule has 7 heteroatoms. The molecule has 0 fully saturated rings. The fourth-order valence-electron chi connectivity index (χ4n) is 2.72. The highest BCUT2D eigenvalue weighted by molar-refractivity contribution is 6.33. The van der Waals surface area contributed by atoms with Crippen molar-refractivity contribution >= 4 is 23.2 Å². The second-order valence-corrected chi connectivity index (χ2v) is 6.51. The van der Waals surface area contributed by atoms with Gasteiger partial charge in [-0.3, -0.25) is 4.79 Å². The lowest BCUT2D eigenvalue weighted by molar-refractivity contribution is -0.118. The molecule has 4 rings (SSSR count). The van der Waals surface area contributed by atoms with Gasteiger partial charge < -0.3 is 14.6 Å². The second kappa shape index (κ2) is 8.58. The molecule has 0 aliphatic carbocycles. The second-order valence-electron chi connectivity index (χ2n) is 6.10. The van der Waals surface area contributed by atoms with Gasteiger partial charge in [-0.2, -0.15) is 4.98 Å². The average Bonchev–Trinajstić information content (AvgIpc) is 3.23. The molecule has 144 valence electrons. The van der Waals surface area contributed by atoms with Gasteiger partial charge in [-0.15, -0.1) is 0 Å². The Bertz CT molecular complexity index is 1130. The van der Waals surface area contributed by atoms with Crippen LogP contribution in [0.15, 0.2) is 83.4 Å². The van der Waals surface area contributed by atoms with Crippen LogP contribution in [-0.4, -0.2) is 22.7 Å². The molecule has 1 aromatic heterocycles. The number of carbonyl (C=O) groups excluding carboxylic acids is 1. The van der Waals surface area contributed by atoms with E-state index in [0.717, 1.165) is 0 Å². The van der Waals surface area contributed by atoms with Gasteiger partial charge in [0.15, 0.2) is 6.61 Å². The third-order valence-corrected chi connectivity index (χ3v) is 4.40. The van der Waals surface area contributed by atoms with Gasteiger partial charge in [0.1, 0.15) is 5.75 Å². The van der Waals surface area contributed by atoms with E-state index in [4.69, 9.17) is 20.9 Å². The van der Waals surface area contributed by atoms with Gasteiger partial charge >= 0.3 is 0 Å². The van der Waals surface area contributed by atoms with Gasteiger partial charge in [-0.1, -0.05) is 59.2 Å². The van der Waals surface area contributed by atoms with Gasteiger partial charge in [0.05, 0.1) is 16.1 Å². The highest BCUT2D eigenvalue weighted by atomic mass is 35.5. The number of halogens is 1. The van der Waals surface area contributed by atoms with Crippen molar-refractivity contribution in [3.8, 4) is 28.6 Å². The summed E-state index contributed by atoms with van der Waals surface area (Å²) in [5, 5.41) is 7.33. The summed E-state index contributed by atoms with van der Waals surface area (Å²) in [5.41, 5.74) is 1.97. The highest BCUT2D eigenvalue weighted by Crippen LogP contribution is 2.31. The van der Waals surface area contributed by atoms with Crippen molar-refractivity contribution < 1.29 is 14.1 Å². The Morgan fingerprint density at radius 3 is 2.41 bits per heavy atom. The minimum atomic E-state index is -0.268. The quantitative estimate of drug-likeness (QED) is 0.484. The smallest absolute Gasteiger partial charge is 0.262 e. The molecule has 0 bridgehead atoms. The molecule has 6 nitrogen and oxygen atoms in total. The standard InChI is InChI=1S/C22H16ClN3O3/c23-18-12-6-4-10-16(18)22-25-21(26-29-22)17-11-5-7-13-19(17)28-14-20(27)24-15-8-2-1-3-9-15/h1-13H,14H2,(H,24,27). The number of para-hydroxylation sites is 2. The molecule has 0 radical (unpaired) electrons. The van der Waals surface area contributed by atoms with E-state index in [2.05, 4.69) is 15.5 Å². The zero-order valence-electron chi connectivity index (χ0n) is 15.2. The molecule has 0 aliphatic heterocycles. The first kappa shape index (κ1) is 18.7. The van der Waals surface area contributed by atoms with E-state index in [1.165, 1.54) is 0 Å². The molecule has 0 unspecified atom stereocenters. The summed E-state index contributed by atoms with van der Waals surface area (Å²) in [5.74, 6) is 0.860. The number of carbonyl (C=O) groups is 1. The largest absolute Gasteiger partial charge is 0.483 e. The summed E-state index contributed by atoms with van der Waals surface area (Å²) in [6.45, 7) is -0.152. The summed E-state index contributed by atoms with van der Waals surface area (Å²) >= 11 is 6.20. The van der Waals surface area contributed by atoms with E-state index in [9.17, 15) is 4.79 Å². The Kier molecular flexibility index (Phi) is 5.54. The summed E-state index contributed by atoms with van der Waals surface area (Å²) in [7, 11) is 0. The van der Waals surface area contributed by atoms with Gasteiger partial charge in [0.2, 0.25) is 5.82 Å². The van der Waals surface area contributed by atoms with Crippen LogP contribution in [-0.2, 0) is 4.79 Å². The molecule has 0 saturated carbocycles. The number of nitrogens with zero attached hydrogens (tertiary/aromatic N) is 2. The van der Waals surface area contributed by atoms with Crippen molar-refractivity contribution in [2.45, 2.75) is 0 Å². The lowest BCUT2D eigenvalue weighted by atomic mass is 10.2. The lowest BCUT2D eigenvalue weighted by Gasteiger charge is -2.09. The molecular weight excluding hydrogens is 390 g/mol. The highest BCUT2D eigenvalue weighted by Gasteiger charge is 2.16. The number of hydrogen-bond acceptors (Lipinski definition) is 5. The number of amides is 1. The number of hydrogen-bond donors (Lipinski definition) is 1. The van der Waals surface area contributed by atoms with Crippen molar-refractivity contribution in [1.29, 1.82) is 0 Å². The van der Waals surface area contributed by atoms with Crippen molar-refractivity contribution in [2.24, 2.45) is 0 Å². The van der Waals surface area contributed by atoms with E-state index in [0.29, 0.717) is 39.3 Å². The number of aromatic nitrogens is 2. The fraction of sp³-hybridized carbons (Fsp3) is 0.0455. The van der Waals surface area contributed by atoms with Crippen molar-refractivity contribution in [3.63, 3.8) is 0 Å². The van der Waals surface area contributed by atoms with E-state index in [1.807, 2.05) is 42.5 Å². The Balaban J connectivity index is 1.50. The SMILES string of the molecule is O=C(COc1ccccc1-c1noc(-c2ccccc2Cl)n1)Nc1ccccc1. The molecule has 0 spiro atoms. The predicted octanol–water partition coefficient (Wildman–Crippen LogP) is 5.07. The zero-order valence-corrected chi connectivity index (χ0v) is 16.0. The fourth-order valence-corrected chi connectivity index (χ4v) is 2.93. The van der Waals surface area contributed by atoms with E-state index >= 15 is 0 Å². The Labute approximate surface area is 172 Å². The minimum absolute atomic E-state index is 0.152. The van der Waals surface area contributed by atoms with E-state index in [-0.39, 0.29) is 12.5 Å². The topological polar surface area (TPSA) is 77.2 Å². The third kappa shape index (κ3) is 4.44. The lowest BCUT2D eigenvalue weighted by Crippen LogP contribution is -2.20. The first-order valence-corrected chi connectivity index (χ1v) is 9.24. The van der Waals surface area contributed by atoms with Crippen LogP contribution in [0.3, 0.4) is 0 Å². The number of anilines is 1. The zero-order chi connectivity index (χ0) is 20.1. The van der Waals surface area contributed by atoms with Crippen LogP contribution < -0.4 is 10.1 Å². The molecule has 29 heavy (non-hydrogen) atoms. The average molecular weight is 406 g/mol. The first-order valence-electron chi connectivity index (χ1n) is 8.86. The first-order chi connectivity index (χ1) is 14.2. The van der Waals surface area contributed by atoms with Crippen LogP contribution >= 0.6 is 11.6 Å². The summed E-state index contributed by atoms with van der Waals surface area (Å²) in [6.07, 6.45) is 0. The monoisotopic (exact) mass is 405 g/mol. The molecular formula is C22H16ClN3O3. The molecule has 3 aromatic carbocycles. The molecule has 1 heterocycles. The van der Waals surface area contributed by atoms with Crippen LogP contribution in [0, 0.1) is 0 Å². The molecule has 1 N–H and O–H groups in total. The molecule has 0 atom stereocenters. The number of nitrogens with one attached hydrogen (secondary N) is 1. The van der Waals surface area contributed by atoms with Crippen LogP contribution in [0.25, 0.3) is 22.8 Å². The van der Waals surface area contributed by atoms with Crippen LogP contribution in [0.4, 0.5) is 5.69 Å². The Morgan fingerprint density at radius 1 is 0.931 bits per heavy atom. The molecule has 4 aromatic rings. The van der Waals surface area contributed by atoms with Gasteiger partial charge in [-0.05, 0) is 36.4 Å². The van der Waals surface area contributed by atoms with Gasteiger partial charge in [0.25, 0.3) is 11.8 Å². The molecule has 0 saturated heterocycles. The number of rotatable bonds is 6. The van der Waals surface area contributed by atoms with Crippen molar-refractivity contribution in [2.75, 3.05) is 11.9 Å². The van der Waals surface area contributed by atoms with E-state index < -0.39 is 0 Å². The minimum Gasteiger partial charge on any atom is -0.483 e. The normalized spacial score (nSPS) is 10.5. The Hall–Kier alpha value is -3.64. The van der Waals surface area contributed by atoms with Gasteiger partial charge in [-0.25, -0.2) is 0 Å². The Morgan fingerprint density at radius 2 is 1.62 bits per heavy atom. The molecule has 1 amide bonds. The van der Waals surface area contributed by atoms with Crippen LogP contribution in [0.5, 0.6) is 5.75 Å². The molecule has 0 aliphatic rings. The summed E-state index contributed by atoms with van der Waals surface area (Å²) in [4.78, 5) is 16.6. The number of ether oxygens (including phenoxy) is 1.